The zero-order valence-electron chi connectivity index (χ0n) is 19.3. The van der Waals surface area contributed by atoms with Crippen molar-refractivity contribution in [2.75, 3.05) is 13.2 Å². The number of carbonyl (C=O) groups is 3. The Morgan fingerprint density at radius 1 is 1.12 bits per heavy atom. The molecular formula is C25H40N2O5. The van der Waals surface area contributed by atoms with E-state index >= 15 is 0 Å². The second-order valence-corrected chi connectivity index (χ2v) is 9.97. The molecule has 0 radical (unpaired) electrons. The predicted molar refractivity (Wildman–Crippen MR) is 122 cm³/mol. The average Bonchev–Trinajstić information content (AvgIpc) is 3.25. The number of amides is 2. The molecule has 0 bridgehead atoms. The van der Waals surface area contributed by atoms with Crippen molar-refractivity contribution in [3.05, 3.63) is 12.2 Å². The molecule has 32 heavy (non-hydrogen) atoms. The predicted octanol–water partition coefficient (Wildman–Crippen LogP) is 3.15. The molecule has 0 spiro atoms. The third-order valence-corrected chi connectivity index (χ3v) is 7.31. The summed E-state index contributed by atoms with van der Waals surface area (Å²) in [5, 5.41) is 15.9. The number of rotatable bonds is 6. The minimum absolute atomic E-state index is 0.0651. The van der Waals surface area contributed by atoms with Crippen LogP contribution in [0, 0.1) is 11.8 Å². The Labute approximate surface area is 191 Å². The molecule has 0 aromatic rings. The van der Waals surface area contributed by atoms with Gasteiger partial charge in [0, 0.05) is 12.8 Å². The number of cyclic esters (lactones) is 1. The fraction of sp³-hybridized carbons (Fsp3) is 0.800. The van der Waals surface area contributed by atoms with Gasteiger partial charge in [0.1, 0.15) is 6.61 Å². The summed E-state index contributed by atoms with van der Waals surface area (Å²) < 4.78 is 5.46. The molecule has 1 heterocycles. The molecule has 3 N–H and O–H groups in total. The fourth-order valence-corrected chi connectivity index (χ4v) is 5.39. The Balaban J connectivity index is 1.64. The SMILES string of the molecule is O=C(C[C@H]1CC=CCCC(=O)OC[C@H](CC2CCCCC2)NC1=O)NC1(CO)CCCC1. The largest absolute Gasteiger partial charge is 0.463 e. The number of aliphatic hydroxyl groups excluding tert-OH is 1. The van der Waals surface area contributed by atoms with Crippen LogP contribution in [-0.2, 0) is 19.1 Å². The minimum atomic E-state index is -0.535. The van der Waals surface area contributed by atoms with E-state index in [4.69, 9.17) is 4.74 Å². The van der Waals surface area contributed by atoms with E-state index in [0.717, 1.165) is 44.9 Å². The van der Waals surface area contributed by atoms with Gasteiger partial charge < -0.3 is 20.5 Å². The van der Waals surface area contributed by atoms with Crippen LogP contribution in [0.4, 0.5) is 0 Å². The van der Waals surface area contributed by atoms with Crippen LogP contribution in [0.1, 0.15) is 89.9 Å². The number of hydrogen-bond donors (Lipinski definition) is 3. The van der Waals surface area contributed by atoms with E-state index in [1.807, 2.05) is 12.2 Å². The molecule has 2 aliphatic carbocycles. The maximum absolute atomic E-state index is 13.2. The van der Waals surface area contributed by atoms with Crippen LogP contribution in [0.5, 0.6) is 0 Å². The standard InChI is InChI=1S/C25H40N2O5/c28-18-25(13-7-8-14-25)27-22(29)16-20-11-5-2-6-12-23(30)32-17-21(26-24(20)31)15-19-9-3-1-4-10-19/h2,5,19-21,28H,1,3-4,6-18H2,(H,26,31)(H,27,29)/t20-,21+/m1/s1. The first-order valence-electron chi connectivity index (χ1n) is 12.5. The first kappa shape index (κ1) is 24.7. The Hall–Kier alpha value is -1.89. The molecule has 2 amide bonds. The third-order valence-electron chi connectivity index (χ3n) is 7.31. The zero-order valence-corrected chi connectivity index (χ0v) is 19.3. The van der Waals surface area contributed by atoms with Gasteiger partial charge in [-0.2, -0.15) is 0 Å². The summed E-state index contributed by atoms with van der Waals surface area (Å²) in [7, 11) is 0. The highest BCUT2D eigenvalue weighted by molar-refractivity contribution is 5.86. The van der Waals surface area contributed by atoms with Gasteiger partial charge in [-0.15, -0.1) is 0 Å². The Morgan fingerprint density at radius 3 is 2.59 bits per heavy atom. The van der Waals surface area contributed by atoms with Crippen molar-refractivity contribution < 1.29 is 24.2 Å². The third kappa shape index (κ3) is 7.61. The van der Waals surface area contributed by atoms with Crippen molar-refractivity contribution in [3.8, 4) is 0 Å². The molecular weight excluding hydrogens is 408 g/mol. The van der Waals surface area contributed by atoms with Gasteiger partial charge in [0.2, 0.25) is 11.8 Å². The Bertz CT molecular complexity index is 665. The quantitative estimate of drug-likeness (QED) is 0.428. The van der Waals surface area contributed by atoms with E-state index in [1.165, 1.54) is 19.3 Å². The van der Waals surface area contributed by atoms with Crippen LogP contribution >= 0.6 is 0 Å². The summed E-state index contributed by atoms with van der Waals surface area (Å²) in [6.07, 6.45) is 15.6. The van der Waals surface area contributed by atoms with Gasteiger partial charge in [-0.25, -0.2) is 0 Å². The Morgan fingerprint density at radius 2 is 1.88 bits per heavy atom. The molecule has 0 unspecified atom stereocenters. The highest BCUT2D eigenvalue weighted by atomic mass is 16.5. The van der Waals surface area contributed by atoms with Crippen molar-refractivity contribution in [2.45, 2.75) is 101 Å². The summed E-state index contributed by atoms with van der Waals surface area (Å²) in [4.78, 5) is 38.0. The van der Waals surface area contributed by atoms with E-state index in [1.54, 1.807) is 0 Å². The van der Waals surface area contributed by atoms with E-state index < -0.39 is 11.5 Å². The maximum atomic E-state index is 13.2. The highest BCUT2D eigenvalue weighted by Gasteiger charge is 2.35. The lowest BCUT2D eigenvalue weighted by Gasteiger charge is -2.30. The van der Waals surface area contributed by atoms with Gasteiger partial charge in [0.05, 0.1) is 24.1 Å². The smallest absolute Gasteiger partial charge is 0.306 e. The maximum Gasteiger partial charge on any atom is 0.306 e. The van der Waals surface area contributed by atoms with Crippen molar-refractivity contribution in [1.82, 2.24) is 10.6 Å². The number of hydrogen-bond acceptors (Lipinski definition) is 5. The number of ether oxygens (including phenoxy) is 1. The molecule has 7 heteroatoms. The topological polar surface area (TPSA) is 105 Å². The molecule has 0 aromatic heterocycles. The van der Waals surface area contributed by atoms with Crippen molar-refractivity contribution >= 4 is 17.8 Å². The van der Waals surface area contributed by atoms with Gasteiger partial charge in [-0.05, 0) is 38.0 Å². The number of nitrogens with one attached hydrogen (secondary N) is 2. The van der Waals surface area contributed by atoms with Gasteiger partial charge in [0.15, 0.2) is 0 Å². The van der Waals surface area contributed by atoms with Crippen LogP contribution in [0.15, 0.2) is 12.2 Å². The molecule has 7 nitrogen and oxygen atoms in total. The summed E-state index contributed by atoms with van der Waals surface area (Å²) in [5.41, 5.74) is -0.535. The highest BCUT2D eigenvalue weighted by Crippen LogP contribution is 2.30. The van der Waals surface area contributed by atoms with Crippen molar-refractivity contribution in [3.63, 3.8) is 0 Å². The fourth-order valence-electron chi connectivity index (χ4n) is 5.39. The van der Waals surface area contributed by atoms with Crippen LogP contribution in [-0.4, -0.2) is 47.7 Å². The number of allylic oxidation sites excluding steroid dienone is 2. The lowest BCUT2D eigenvalue weighted by Crippen LogP contribution is -2.50. The van der Waals surface area contributed by atoms with Gasteiger partial charge in [-0.3, -0.25) is 14.4 Å². The lowest BCUT2D eigenvalue weighted by molar-refractivity contribution is -0.145. The summed E-state index contributed by atoms with van der Waals surface area (Å²) in [6, 6.07) is -0.220. The van der Waals surface area contributed by atoms with Gasteiger partial charge in [-0.1, -0.05) is 57.1 Å². The zero-order chi connectivity index (χ0) is 22.8. The van der Waals surface area contributed by atoms with E-state index in [0.29, 0.717) is 25.2 Å². The molecule has 0 saturated heterocycles. The first-order valence-corrected chi connectivity index (χ1v) is 12.5. The second kappa shape index (κ2) is 12.4. The number of esters is 1. The van der Waals surface area contributed by atoms with Crippen LogP contribution in [0.25, 0.3) is 0 Å². The van der Waals surface area contributed by atoms with Crippen molar-refractivity contribution in [1.29, 1.82) is 0 Å². The molecule has 2 saturated carbocycles. The van der Waals surface area contributed by atoms with E-state index in [2.05, 4.69) is 10.6 Å². The van der Waals surface area contributed by atoms with Crippen LogP contribution < -0.4 is 10.6 Å². The summed E-state index contributed by atoms with van der Waals surface area (Å²) >= 11 is 0. The molecule has 2 fully saturated rings. The molecule has 3 rings (SSSR count). The van der Waals surface area contributed by atoms with Crippen LogP contribution in [0.2, 0.25) is 0 Å². The van der Waals surface area contributed by atoms with Gasteiger partial charge in [0.25, 0.3) is 0 Å². The molecule has 1 aliphatic heterocycles. The summed E-state index contributed by atoms with van der Waals surface area (Å²) in [6.45, 7) is 0.127. The van der Waals surface area contributed by atoms with Crippen LogP contribution in [0.3, 0.4) is 0 Å². The number of carbonyl (C=O) groups excluding carboxylic acids is 3. The Kier molecular flexibility index (Phi) is 9.57. The second-order valence-electron chi connectivity index (χ2n) is 9.97. The van der Waals surface area contributed by atoms with E-state index in [-0.39, 0.29) is 43.5 Å². The summed E-state index contributed by atoms with van der Waals surface area (Å²) in [5.74, 6) is -0.523. The lowest BCUT2D eigenvalue weighted by atomic mass is 9.84. The first-order chi connectivity index (χ1) is 15.5. The average molecular weight is 449 g/mol. The monoisotopic (exact) mass is 448 g/mol. The molecule has 180 valence electrons. The molecule has 3 aliphatic rings. The molecule has 0 aromatic carbocycles. The number of aliphatic hydroxyl groups is 1. The molecule has 2 atom stereocenters. The van der Waals surface area contributed by atoms with Crippen molar-refractivity contribution in [2.24, 2.45) is 11.8 Å². The van der Waals surface area contributed by atoms with Gasteiger partial charge >= 0.3 is 5.97 Å². The minimum Gasteiger partial charge on any atom is -0.463 e. The van der Waals surface area contributed by atoms with E-state index in [9.17, 15) is 19.5 Å². The normalized spacial score (nSPS) is 27.7.